The van der Waals surface area contributed by atoms with Gasteiger partial charge in [-0.05, 0) is 46.2 Å². The third kappa shape index (κ3) is 4.71. The second-order valence-electron chi connectivity index (χ2n) is 6.72. The quantitative estimate of drug-likeness (QED) is 0.467. The number of fused-ring (bicyclic) bond motifs is 1. The zero-order valence-electron chi connectivity index (χ0n) is 15.7. The maximum Gasteiger partial charge on any atom is 0.328 e. The molecule has 0 saturated carbocycles. The molecule has 3 aromatic carbocycles. The summed E-state index contributed by atoms with van der Waals surface area (Å²) in [5.74, 6) is -0.355. The number of aliphatic carboxylic acids is 1. The fourth-order valence-corrected chi connectivity index (χ4v) is 3.17. The van der Waals surface area contributed by atoms with Gasteiger partial charge in [-0.3, -0.25) is 4.68 Å². The Bertz CT molecular complexity index is 1160. The average Bonchev–Trinajstić information content (AvgIpc) is 3.24. The summed E-state index contributed by atoms with van der Waals surface area (Å²) in [5.41, 5.74) is 2.79. The molecular formula is C24H20N2O3. The highest BCUT2D eigenvalue weighted by Crippen LogP contribution is 2.25. The molecule has 0 saturated heterocycles. The van der Waals surface area contributed by atoms with Crippen LogP contribution in [0.5, 0.6) is 5.75 Å². The summed E-state index contributed by atoms with van der Waals surface area (Å²) in [7, 11) is 0. The molecular weight excluding hydrogens is 364 g/mol. The zero-order valence-corrected chi connectivity index (χ0v) is 15.7. The molecule has 4 aromatic rings. The highest BCUT2D eigenvalue weighted by atomic mass is 16.5. The van der Waals surface area contributed by atoms with Gasteiger partial charge in [-0.15, -0.1) is 0 Å². The standard InChI is InChI=1S/C24H20N2O3/c27-24(28)11-10-21-9-6-18(16-26-13-3-12-25-26)15-23(21)29-17-19-7-8-20-4-1-2-5-22(20)14-19/h1-15H,16-17H2,(H,27,28)/b11-10+. The normalized spacial score (nSPS) is 11.2. The molecule has 0 aliphatic carbocycles. The minimum atomic E-state index is -0.994. The first kappa shape index (κ1) is 18.5. The zero-order chi connectivity index (χ0) is 20.1. The monoisotopic (exact) mass is 384 g/mol. The van der Waals surface area contributed by atoms with Crippen LogP contribution >= 0.6 is 0 Å². The summed E-state index contributed by atoms with van der Waals surface area (Å²) >= 11 is 0. The van der Waals surface area contributed by atoms with E-state index in [0.29, 0.717) is 18.9 Å². The molecule has 0 bridgehead atoms. The number of ether oxygens (including phenoxy) is 1. The lowest BCUT2D eigenvalue weighted by Gasteiger charge is -2.12. The summed E-state index contributed by atoms with van der Waals surface area (Å²) in [5, 5.41) is 15.5. The number of benzene rings is 3. The Balaban J connectivity index is 1.58. The second-order valence-corrected chi connectivity index (χ2v) is 6.72. The molecule has 5 heteroatoms. The van der Waals surface area contributed by atoms with Crippen molar-refractivity contribution in [3.8, 4) is 5.75 Å². The summed E-state index contributed by atoms with van der Waals surface area (Å²) < 4.78 is 7.92. The summed E-state index contributed by atoms with van der Waals surface area (Å²) in [6.45, 7) is 1.01. The molecule has 0 unspecified atom stereocenters. The summed E-state index contributed by atoms with van der Waals surface area (Å²) in [4.78, 5) is 10.9. The molecule has 0 amide bonds. The van der Waals surface area contributed by atoms with Gasteiger partial charge in [-0.2, -0.15) is 5.10 Å². The number of carboxylic acids is 1. The molecule has 1 N–H and O–H groups in total. The minimum absolute atomic E-state index is 0.393. The smallest absolute Gasteiger partial charge is 0.328 e. The maximum absolute atomic E-state index is 10.9. The van der Waals surface area contributed by atoms with E-state index in [-0.39, 0.29) is 0 Å². The van der Waals surface area contributed by atoms with Gasteiger partial charge in [0.15, 0.2) is 0 Å². The Kier molecular flexibility index (Phi) is 5.38. The summed E-state index contributed by atoms with van der Waals surface area (Å²) in [6.07, 6.45) is 6.30. The molecule has 0 fully saturated rings. The topological polar surface area (TPSA) is 64.3 Å². The van der Waals surface area contributed by atoms with Crippen LogP contribution in [-0.2, 0) is 17.9 Å². The Hall–Kier alpha value is -3.86. The molecule has 0 aliphatic heterocycles. The average molecular weight is 384 g/mol. The van der Waals surface area contributed by atoms with Crippen molar-refractivity contribution in [3.05, 3.63) is 102 Å². The van der Waals surface area contributed by atoms with Crippen LogP contribution in [0.3, 0.4) is 0 Å². The number of nitrogens with zero attached hydrogens (tertiary/aromatic N) is 2. The van der Waals surface area contributed by atoms with Gasteiger partial charge in [-0.25, -0.2) is 4.79 Å². The maximum atomic E-state index is 10.9. The number of aromatic nitrogens is 2. The molecule has 0 atom stereocenters. The van der Waals surface area contributed by atoms with Gasteiger partial charge in [-0.1, -0.05) is 48.5 Å². The minimum Gasteiger partial charge on any atom is -0.488 e. The van der Waals surface area contributed by atoms with Gasteiger partial charge < -0.3 is 9.84 Å². The Morgan fingerprint density at radius 1 is 1.00 bits per heavy atom. The van der Waals surface area contributed by atoms with Crippen molar-refractivity contribution in [1.82, 2.24) is 9.78 Å². The van der Waals surface area contributed by atoms with Crippen molar-refractivity contribution >= 4 is 22.8 Å². The van der Waals surface area contributed by atoms with Crippen molar-refractivity contribution in [2.45, 2.75) is 13.2 Å². The van der Waals surface area contributed by atoms with Gasteiger partial charge in [0.2, 0.25) is 0 Å². The van der Waals surface area contributed by atoms with E-state index in [1.54, 1.807) is 12.3 Å². The van der Waals surface area contributed by atoms with E-state index in [9.17, 15) is 4.79 Å². The van der Waals surface area contributed by atoms with Crippen LogP contribution in [0.4, 0.5) is 0 Å². The van der Waals surface area contributed by atoms with E-state index in [1.807, 2.05) is 53.3 Å². The highest BCUT2D eigenvalue weighted by Gasteiger charge is 2.06. The van der Waals surface area contributed by atoms with Crippen molar-refractivity contribution in [2.75, 3.05) is 0 Å². The number of carbonyl (C=O) groups is 1. The predicted octanol–water partition coefficient (Wildman–Crippen LogP) is 4.76. The third-order valence-corrected chi connectivity index (χ3v) is 4.60. The van der Waals surface area contributed by atoms with Crippen LogP contribution in [0.1, 0.15) is 16.7 Å². The lowest BCUT2D eigenvalue weighted by molar-refractivity contribution is -0.131. The fourth-order valence-electron chi connectivity index (χ4n) is 3.17. The molecule has 1 aromatic heterocycles. The van der Waals surface area contributed by atoms with Crippen LogP contribution in [-0.4, -0.2) is 20.9 Å². The van der Waals surface area contributed by atoms with Crippen LogP contribution in [0.2, 0.25) is 0 Å². The molecule has 1 heterocycles. The van der Waals surface area contributed by atoms with E-state index < -0.39 is 5.97 Å². The SMILES string of the molecule is O=C(O)/C=C/c1ccc(Cn2cccn2)cc1OCc1ccc2ccccc2c1. The Morgan fingerprint density at radius 2 is 1.83 bits per heavy atom. The highest BCUT2D eigenvalue weighted by molar-refractivity contribution is 5.86. The van der Waals surface area contributed by atoms with Gasteiger partial charge in [0.05, 0.1) is 6.54 Å². The molecule has 0 spiro atoms. The van der Waals surface area contributed by atoms with Crippen molar-refractivity contribution in [3.63, 3.8) is 0 Å². The van der Waals surface area contributed by atoms with E-state index >= 15 is 0 Å². The molecule has 4 rings (SSSR count). The third-order valence-electron chi connectivity index (χ3n) is 4.60. The number of hydrogen-bond acceptors (Lipinski definition) is 3. The van der Waals surface area contributed by atoms with Gasteiger partial charge in [0.25, 0.3) is 0 Å². The fraction of sp³-hybridized carbons (Fsp3) is 0.0833. The molecule has 5 nitrogen and oxygen atoms in total. The van der Waals surface area contributed by atoms with Crippen molar-refractivity contribution < 1.29 is 14.6 Å². The summed E-state index contributed by atoms with van der Waals surface area (Å²) in [6, 6.07) is 22.0. The Labute approximate surface area is 168 Å². The van der Waals surface area contributed by atoms with E-state index in [1.165, 1.54) is 5.39 Å². The number of hydrogen-bond donors (Lipinski definition) is 1. The predicted molar refractivity (Wildman–Crippen MR) is 113 cm³/mol. The van der Waals surface area contributed by atoms with Crippen LogP contribution in [0, 0.1) is 0 Å². The first-order valence-corrected chi connectivity index (χ1v) is 9.29. The first-order valence-electron chi connectivity index (χ1n) is 9.29. The van der Waals surface area contributed by atoms with Crippen molar-refractivity contribution in [1.29, 1.82) is 0 Å². The van der Waals surface area contributed by atoms with E-state index in [2.05, 4.69) is 29.4 Å². The van der Waals surface area contributed by atoms with Crippen molar-refractivity contribution in [2.24, 2.45) is 0 Å². The van der Waals surface area contributed by atoms with Crippen LogP contribution in [0.25, 0.3) is 16.8 Å². The second kappa shape index (κ2) is 8.44. The van der Waals surface area contributed by atoms with E-state index in [0.717, 1.165) is 28.2 Å². The molecule has 29 heavy (non-hydrogen) atoms. The number of carboxylic acid groups (broad SMARTS) is 1. The van der Waals surface area contributed by atoms with Crippen LogP contribution < -0.4 is 4.74 Å². The molecule has 144 valence electrons. The lowest BCUT2D eigenvalue weighted by atomic mass is 10.1. The van der Waals surface area contributed by atoms with E-state index in [4.69, 9.17) is 9.84 Å². The lowest BCUT2D eigenvalue weighted by Crippen LogP contribution is -2.02. The van der Waals surface area contributed by atoms with Crippen LogP contribution in [0.15, 0.2) is 85.2 Å². The van der Waals surface area contributed by atoms with Gasteiger partial charge in [0.1, 0.15) is 12.4 Å². The first-order chi connectivity index (χ1) is 14.2. The molecule has 0 aliphatic rings. The molecule has 0 radical (unpaired) electrons. The number of rotatable bonds is 7. The largest absolute Gasteiger partial charge is 0.488 e. The van der Waals surface area contributed by atoms with Gasteiger partial charge in [0, 0.05) is 24.0 Å². The Morgan fingerprint density at radius 3 is 2.62 bits per heavy atom. The van der Waals surface area contributed by atoms with Gasteiger partial charge >= 0.3 is 5.97 Å².